The van der Waals surface area contributed by atoms with Gasteiger partial charge in [0, 0.05) is 22.1 Å². The maximum absolute atomic E-state index is 13.1. The number of carbonyl (C=O) groups is 3. The quantitative estimate of drug-likeness (QED) is 0.525. The SMILES string of the molecule is O=C1c2ccccc2C(=O)c2c1ccc1c(C(=O)C3(O)CCCCC3)[nH]nc21. The number of aromatic nitrogens is 2. The maximum atomic E-state index is 13.1. The van der Waals surface area contributed by atoms with Crippen molar-refractivity contribution in [2.24, 2.45) is 0 Å². The van der Waals surface area contributed by atoms with Crippen molar-refractivity contribution in [2.45, 2.75) is 37.7 Å². The predicted octanol–water partition coefficient (Wildman–Crippen LogP) is 3.22. The molecule has 1 aromatic heterocycles. The zero-order valence-electron chi connectivity index (χ0n) is 15.1. The van der Waals surface area contributed by atoms with Crippen molar-refractivity contribution < 1.29 is 19.5 Å². The fourth-order valence-corrected chi connectivity index (χ4v) is 4.43. The summed E-state index contributed by atoms with van der Waals surface area (Å²) in [5, 5.41) is 18.2. The fourth-order valence-electron chi connectivity index (χ4n) is 4.43. The number of carbonyl (C=O) groups excluding carboxylic acids is 3. The first-order chi connectivity index (χ1) is 13.5. The van der Waals surface area contributed by atoms with Crippen LogP contribution in [0.1, 0.15) is 74.4 Å². The van der Waals surface area contributed by atoms with Crippen LogP contribution in [0.15, 0.2) is 36.4 Å². The molecule has 2 aliphatic rings. The number of aliphatic hydroxyl groups is 1. The Morgan fingerprint density at radius 2 is 1.61 bits per heavy atom. The van der Waals surface area contributed by atoms with Gasteiger partial charge in [0.05, 0.1) is 5.56 Å². The van der Waals surface area contributed by atoms with E-state index in [0.29, 0.717) is 34.9 Å². The highest BCUT2D eigenvalue weighted by Crippen LogP contribution is 2.36. The van der Waals surface area contributed by atoms with Crippen LogP contribution in [0.25, 0.3) is 10.9 Å². The molecule has 0 amide bonds. The van der Waals surface area contributed by atoms with Gasteiger partial charge in [0.15, 0.2) is 11.6 Å². The Balaban J connectivity index is 1.67. The summed E-state index contributed by atoms with van der Waals surface area (Å²) in [7, 11) is 0. The van der Waals surface area contributed by atoms with Gasteiger partial charge in [-0.15, -0.1) is 0 Å². The summed E-state index contributed by atoms with van der Waals surface area (Å²) < 4.78 is 0. The molecule has 0 atom stereocenters. The molecule has 0 bridgehead atoms. The summed E-state index contributed by atoms with van der Waals surface area (Å²) >= 11 is 0. The lowest BCUT2D eigenvalue weighted by Crippen LogP contribution is -2.40. The molecule has 2 N–H and O–H groups in total. The van der Waals surface area contributed by atoms with Gasteiger partial charge in [0.1, 0.15) is 16.8 Å². The maximum Gasteiger partial charge on any atom is 0.212 e. The number of Topliss-reactive ketones (excluding diaryl/α,β-unsaturated/α-hetero) is 1. The number of ketones is 3. The third-order valence-corrected chi connectivity index (χ3v) is 5.95. The lowest BCUT2D eigenvalue weighted by Gasteiger charge is -2.30. The number of benzene rings is 2. The molecular weight excluding hydrogens is 356 g/mol. The molecule has 1 fully saturated rings. The molecule has 0 saturated heterocycles. The van der Waals surface area contributed by atoms with Crippen LogP contribution >= 0.6 is 0 Å². The van der Waals surface area contributed by atoms with Crippen LogP contribution in [-0.4, -0.2) is 38.3 Å². The summed E-state index contributed by atoms with van der Waals surface area (Å²) in [6, 6.07) is 9.92. The van der Waals surface area contributed by atoms with Crippen molar-refractivity contribution in [1.29, 1.82) is 0 Å². The van der Waals surface area contributed by atoms with Crippen molar-refractivity contribution in [1.82, 2.24) is 10.2 Å². The Bertz CT molecular complexity index is 1170. The number of nitrogens with zero attached hydrogens (tertiary/aromatic N) is 1. The van der Waals surface area contributed by atoms with E-state index in [1.54, 1.807) is 36.4 Å². The Kier molecular flexibility index (Phi) is 3.61. The second kappa shape index (κ2) is 5.94. The highest BCUT2D eigenvalue weighted by Gasteiger charge is 2.40. The van der Waals surface area contributed by atoms with Crippen molar-refractivity contribution >= 4 is 28.3 Å². The van der Waals surface area contributed by atoms with Crippen LogP contribution in [0.4, 0.5) is 0 Å². The molecule has 3 aromatic rings. The molecule has 0 aliphatic heterocycles. The molecule has 0 spiro atoms. The number of rotatable bonds is 2. The normalized spacial score (nSPS) is 18.0. The molecule has 6 nitrogen and oxygen atoms in total. The molecule has 1 heterocycles. The zero-order valence-corrected chi connectivity index (χ0v) is 15.1. The lowest BCUT2D eigenvalue weighted by molar-refractivity contribution is 0.0113. The van der Waals surface area contributed by atoms with Gasteiger partial charge in [-0.05, 0) is 25.0 Å². The third kappa shape index (κ3) is 2.24. The first-order valence-electron chi connectivity index (χ1n) is 9.48. The minimum Gasteiger partial charge on any atom is -0.382 e. The topological polar surface area (TPSA) is 100 Å². The average molecular weight is 374 g/mol. The van der Waals surface area contributed by atoms with Gasteiger partial charge in [-0.1, -0.05) is 43.5 Å². The molecule has 2 aromatic carbocycles. The Hall–Kier alpha value is -3.12. The van der Waals surface area contributed by atoms with Crippen LogP contribution < -0.4 is 0 Å². The molecular formula is C22H18N2O4. The van der Waals surface area contributed by atoms with Gasteiger partial charge in [0.25, 0.3) is 0 Å². The van der Waals surface area contributed by atoms with Gasteiger partial charge in [0.2, 0.25) is 5.78 Å². The van der Waals surface area contributed by atoms with Crippen LogP contribution in [-0.2, 0) is 0 Å². The minimum absolute atomic E-state index is 0.196. The van der Waals surface area contributed by atoms with Gasteiger partial charge in [-0.3, -0.25) is 19.5 Å². The number of H-pyrrole nitrogens is 1. The van der Waals surface area contributed by atoms with E-state index in [-0.39, 0.29) is 28.4 Å². The van der Waals surface area contributed by atoms with Gasteiger partial charge < -0.3 is 5.11 Å². The smallest absolute Gasteiger partial charge is 0.212 e. The number of fused-ring (bicyclic) bond motifs is 4. The van der Waals surface area contributed by atoms with Crippen molar-refractivity contribution in [3.05, 3.63) is 64.3 Å². The predicted molar refractivity (Wildman–Crippen MR) is 102 cm³/mol. The highest BCUT2D eigenvalue weighted by atomic mass is 16.3. The molecule has 0 radical (unpaired) electrons. The zero-order chi connectivity index (χ0) is 19.5. The lowest BCUT2D eigenvalue weighted by atomic mass is 9.79. The molecule has 5 rings (SSSR count). The van der Waals surface area contributed by atoms with Gasteiger partial charge in [-0.25, -0.2) is 0 Å². The second-order valence-corrected chi connectivity index (χ2v) is 7.61. The van der Waals surface area contributed by atoms with Crippen molar-refractivity contribution in [2.75, 3.05) is 0 Å². The molecule has 0 unspecified atom stereocenters. The van der Waals surface area contributed by atoms with E-state index in [0.717, 1.165) is 19.3 Å². The van der Waals surface area contributed by atoms with Crippen molar-refractivity contribution in [3.63, 3.8) is 0 Å². The minimum atomic E-state index is -1.40. The Labute approximate surface area is 160 Å². The summed E-state index contributed by atoms with van der Waals surface area (Å²) in [6.07, 6.45) is 3.44. The first kappa shape index (κ1) is 17.0. The molecule has 1 saturated carbocycles. The van der Waals surface area contributed by atoms with Gasteiger partial charge >= 0.3 is 0 Å². The monoisotopic (exact) mass is 374 g/mol. The Morgan fingerprint density at radius 3 is 2.32 bits per heavy atom. The number of aromatic amines is 1. The van der Waals surface area contributed by atoms with Crippen LogP contribution in [0.3, 0.4) is 0 Å². The fraction of sp³-hybridized carbons (Fsp3) is 0.273. The summed E-state index contributed by atoms with van der Waals surface area (Å²) in [5.74, 6) is -0.906. The first-order valence-corrected chi connectivity index (χ1v) is 9.48. The van der Waals surface area contributed by atoms with Crippen LogP contribution in [0.2, 0.25) is 0 Å². The molecule has 2 aliphatic carbocycles. The summed E-state index contributed by atoms with van der Waals surface area (Å²) in [5.41, 5.74) is 0.316. The largest absolute Gasteiger partial charge is 0.382 e. The van der Waals surface area contributed by atoms with E-state index < -0.39 is 11.4 Å². The van der Waals surface area contributed by atoms with Gasteiger partial charge in [-0.2, -0.15) is 5.10 Å². The average Bonchev–Trinajstić information content (AvgIpc) is 3.15. The molecule has 6 heteroatoms. The standard InChI is InChI=1S/C22H18N2O4/c25-19-12-6-2-3-7-13(12)20(26)16-14(19)8-9-15-17(16)23-24-18(15)21(27)22(28)10-4-1-5-11-22/h2-3,6-9,28H,1,4-5,10-11H2,(H,23,24). The second-order valence-electron chi connectivity index (χ2n) is 7.61. The third-order valence-electron chi connectivity index (χ3n) is 5.95. The Morgan fingerprint density at radius 1 is 0.929 bits per heavy atom. The highest BCUT2D eigenvalue weighted by molar-refractivity contribution is 6.32. The van der Waals surface area contributed by atoms with Crippen LogP contribution in [0, 0.1) is 0 Å². The van der Waals surface area contributed by atoms with E-state index in [2.05, 4.69) is 10.2 Å². The van der Waals surface area contributed by atoms with E-state index in [4.69, 9.17) is 0 Å². The molecule has 28 heavy (non-hydrogen) atoms. The summed E-state index contributed by atoms with van der Waals surface area (Å²) in [6.45, 7) is 0. The molecule has 140 valence electrons. The van der Waals surface area contributed by atoms with E-state index >= 15 is 0 Å². The van der Waals surface area contributed by atoms with Crippen LogP contribution in [0.5, 0.6) is 0 Å². The van der Waals surface area contributed by atoms with E-state index in [1.807, 2.05) is 0 Å². The number of hydrogen-bond donors (Lipinski definition) is 2. The van der Waals surface area contributed by atoms with E-state index in [9.17, 15) is 19.5 Å². The summed E-state index contributed by atoms with van der Waals surface area (Å²) in [4.78, 5) is 38.9. The number of nitrogens with one attached hydrogen (secondary N) is 1. The van der Waals surface area contributed by atoms with E-state index in [1.165, 1.54) is 0 Å². The van der Waals surface area contributed by atoms with Crippen molar-refractivity contribution in [3.8, 4) is 0 Å². The number of hydrogen-bond acceptors (Lipinski definition) is 5.